The zero-order valence-corrected chi connectivity index (χ0v) is 13.5. The maximum absolute atomic E-state index is 6.29. The van der Waals surface area contributed by atoms with Gasteiger partial charge >= 0.3 is 0 Å². The molecule has 0 bridgehead atoms. The molecular formula is C16H22ClN3O. The van der Waals surface area contributed by atoms with Gasteiger partial charge in [0.15, 0.2) is 5.75 Å². The van der Waals surface area contributed by atoms with Crippen molar-refractivity contribution in [2.75, 3.05) is 6.54 Å². The number of nitrogens with one attached hydrogen (secondary N) is 1. The Balaban J connectivity index is 2.16. The fraction of sp³-hybridized carbons (Fsp3) is 0.438. The second-order valence-electron chi connectivity index (χ2n) is 5.25. The minimum Gasteiger partial charge on any atom is -0.454 e. The van der Waals surface area contributed by atoms with Crippen molar-refractivity contribution < 1.29 is 4.74 Å². The molecule has 0 spiro atoms. The zero-order chi connectivity index (χ0) is 15.2. The molecule has 0 radical (unpaired) electrons. The van der Waals surface area contributed by atoms with Crippen LogP contribution in [0.3, 0.4) is 0 Å². The molecule has 2 rings (SSSR count). The SMILES string of the molecule is CCCNCc1c(Cl)cccc1Oc1cnn(C(C)C)c1. The van der Waals surface area contributed by atoms with E-state index in [0.29, 0.717) is 17.6 Å². The van der Waals surface area contributed by atoms with E-state index in [-0.39, 0.29) is 0 Å². The first-order chi connectivity index (χ1) is 10.1. The lowest BCUT2D eigenvalue weighted by atomic mass is 10.2. The molecule has 1 heterocycles. The maximum atomic E-state index is 6.29. The Morgan fingerprint density at radius 1 is 1.38 bits per heavy atom. The molecule has 0 unspecified atom stereocenters. The van der Waals surface area contributed by atoms with Crippen LogP contribution >= 0.6 is 11.6 Å². The number of aromatic nitrogens is 2. The fourth-order valence-corrected chi connectivity index (χ4v) is 2.21. The third-order valence-corrected chi connectivity index (χ3v) is 3.49. The minimum absolute atomic E-state index is 0.312. The number of benzene rings is 1. The first-order valence-electron chi connectivity index (χ1n) is 7.32. The molecular weight excluding hydrogens is 286 g/mol. The molecule has 0 aliphatic heterocycles. The smallest absolute Gasteiger partial charge is 0.165 e. The highest BCUT2D eigenvalue weighted by molar-refractivity contribution is 6.31. The largest absolute Gasteiger partial charge is 0.454 e. The summed E-state index contributed by atoms with van der Waals surface area (Å²) < 4.78 is 7.81. The van der Waals surface area contributed by atoms with E-state index in [1.807, 2.05) is 29.1 Å². The van der Waals surface area contributed by atoms with Crippen LogP contribution in [-0.4, -0.2) is 16.3 Å². The van der Waals surface area contributed by atoms with Crippen molar-refractivity contribution >= 4 is 11.6 Å². The Bertz CT molecular complexity index is 581. The second-order valence-corrected chi connectivity index (χ2v) is 5.65. The summed E-state index contributed by atoms with van der Waals surface area (Å²) in [5.41, 5.74) is 0.977. The van der Waals surface area contributed by atoms with Gasteiger partial charge in [0.25, 0.3) is 0 Å². The highest BCUT2D eigenvalue weighted by Crippen LogP contribution is 2.30. The van der Waals surface area contributed by atoms with Gasteiger partial charge in [-0.05, 0) is 38.9 Å². The van der Waals surface area contributed by atoms with Crippen LogP contribution < -0.4 is 10.1 Å². The lowest BCUT2D eigenvalue weighted by Crippen LogP contribution is -2.14. The number of nitrogens with zero attached hydrogens (tertiary/aromatic N) is 2. The van der Waals surface area contributed by atoms with E-state index in [9.17, 15) is 0 Å². The van der Waals surface area contributed by atoms with Gasteiger partial charge < -0.3 is 10.1 Å². The highest BCUT2D eigenvalue weighted by atomic mass is 35.5. The summed E-state index contributed by atoms with van der Waals surface area (Å²) in [5, 5.41) is 8.35. The van der Waals surface area contributed by atoms with E-state index >= 15 is 0 Å². The van der Waals surface area contributed by atoms with Crippen molar-refractivity contribution in [2.24, 2.45) is 0 Å². The summed E-state index contributed by atoms with van der Waals surface area (Å²) in [5.74, 6) is 1.50. The van der Waals surface area contributed by atoms with Crippen LogP contribution in [0.1, 0.15) is 38.8 Å². The molecule has 4 nitrogen and oxygen atoms in total. The summed E-state index contributed by atoms with van der Waals surface area (Å²) in [6, 6.07) is 6.03. The van der Waals surface area contributed by atoms with Crippen LogP contribution in [0, 0.1) is 0 Å². The van der Waals surface area contributed by atoms with Gasteiger partial charge in [0, 0.05) is 23.2 Å². The number of rotatable bonds is 7. The molecule has 114 valence electrons. The first kappa shape index (κ1) is 15.9. The normalized spacial score (nSPS) is 11.1. The zero-order valence-electron chi connectivity index (χ0n) is 12.8. The van der Waals surface area contributed by atoms with Crippen molar-refractivity contribution in [3.63, 3.8) is 0 Å². The topological polar surface area (TPSA) is 39.1 Å². The number of halogens is 1. The molecule has 0 fully saturated rings. The van der Waals surface area contributed by atoms with E-state index in [2.05, 4.69) is 31.2 Å². The maximum Gasteiger partial charge on any atom is 0.165 e. The number of hydrogen-bond donors (Lipinski definition) is 1. The molecule has 21 heavy (non-hydrogen) atoms. The third kappa shape index (κ3) is 4.22. The Kier molecular flexibility index (Phi) is 5.65. The average Bonchev–Trinajstić information content (AvgIpc) is 2.91. The van der Waals surface area contributed by atoms with Gasteiger partial charge in [-0.1, -0.05) is 24.6 Å². The predicted octanol–water partition coefficient (Wildman–Crippen LogP) is 4.41. The summed E-state index contributed by atoms with van der Waals surface area (Å²) in [6.45, 7) is 7.95. The van der Waals surface area contributed by atoms with Crippen LogP contribution in [0.25, 0.3) is 0 Å². The second kappa shape index (κ2) is 7.48. The molecule has 0 aliphatic rings. The average molecular weight is 308 g/mol. The third-order valence-electron chi connectivity index (χ3n) is 3.14. The van der Waals surface area contributed by atoms with E-state index in [1.54, 1.807) is 6.20 Å². The lowest BCUT2D eigenvalue weighted by Gasteiger charge is -2.12. The molecule has 1 N–H and O–H groups in total. The molecule has 0 saturated carbocycles. The van der Waals surface area contributed by atoms with Crippen molar-refractivity contribution in [2.45, 2.75) is 39.8 Å². The Morgan fingerprint density at radius 2 is 2.19 bits per heavy atom. The minimum atomic E-state index is 0.312. The summed E-state index contributed by atoms with van der Waals surface area (Å²) in [7, 11) is 0. The van der Waals surface area contributed by atoms with Crippen LogP contribution in [0.5, 0.6) is 11.5 Å². The van der Waals surface area contributed by atoms with Gasteiger partial charge in [0.2, 0.25) is 0 Å². The van der Waals surface area contributed by atoms with Crippen LogP contribution in [-0.2, 0) is 6.54 Å². The molecule has 0 atom stereocenters. The monoisotopic (exact) mass is 307 g/mol. The van der Waals surface area contributed by atoms with Gasteiger partial charge in [-0.2, -0.15) is 5.10 Å². The van der Waals surface area contributed by atoms with Gasteiger partial charge in [-0.15, -0.1) is 0 Å². The van der Waals surface area contributed by atoms with Crippen LogP contribution in [0.2, 0.25) is 5.02 Å². The quantitative estimate of drug-likeness (QED) is 0.770. The molecule has 1 aromatic carbocycles. The van der Waals surface area contributed by atoms with Crippen LogP contribution in [0.4, 0.5) is 0 Å². The summed E-state index contributed by atoms with van der Waals surface area (Å²) >= 11 is 6.29. The lowest BCUT2D eigenvalue weighted by molar-refractivity contribution is 0.468. The number of hydrogen-bond acceptors (Lipinski definition) is 3. The Labute approximate surface area is 131 Å². The molecule has 1 aromatic heterocycles. The van der Waals surface area contributed by atoms with E-state index < -0.39 is 0 Å². The highest BCUT2D eigenvalue weighted by Gasteiger charge is 2.10. The van der Waals surface area contributed by atoms with Gasteiger partial charge in [-0.3, -0.25) is 4.68 Å². The number of ether oxygens (including phenoxy) is 1. The molecule has 2 aromatic rings. The molecule has 0 saturated heterocycles. The van der Waals surface area contributed by atoms with Crippen molar-refractivity contribution in [3.8, 4) is 11.5 Å². The van der Waals surface area contributed by atoms with E-state index in [4.69, 9.17) is 16.3 Å². The van der Waals surface area contributed by atoms with Crippen LogP contribution in [0.15, 0.2) is 30.6 Å². The van der Waals surface area contributed by atoms with E-state index in [0.717, 1.165) is 30.0 Å². The summed E-state index contributed by atoms with van der Waals surface area (Å²) in [4.78, 5) is 0. The standard InChI is InChI=1S/C16H22ClN3O/c1-4-8-18-10-14-15(17)6-5-7-16(14)21-13-9-19-20(11-13)12(2)3/h5-7,9,11-12,18H,4,8,10H2,1-3H3. The Hall–Kier alpha value is -1.52. The molecule has 5 heteroatoms. The predicted molar refractivity (Wildman–Crippen MR) is 86.1 cm³/mol. The first-order valence-corrected chi connectivity index (χ1v) is 7.69. The van der Waals surface area contributed by atoms with Gasteiger partial charge in [0.1, 0.15) is 5.75 Å². The van der Waals surface area contributed by atoms with Gasteiger partial charge in [-0.25, -0.2) is 0 Å². The fourth-order valence-electron chi connectivity index (χ4n) is 1.98. The molecule has 0 amide bonds. The van der Waals surface area contributed by atoms with Gasteiger partial charge in [0.05, 0.1) is 12.4 Å². The van der Waals surface area contributed by atoms with E-state index in [1.165, 1.54) is 0 Å². The van der Waals surface area contributed by atoms with Crippen molar-refractivity contribution in [1.29, 1.82) is 0 Å². The summed E-state index contributed by atoms with van der Waals surface area (Å²) in [6.07, 6.45) is 4.71. The molecule has 0 aliphatic carbocycles. The van der Waals surface area contributed by atoms with Crippen molar-refractivity contribution in [1.82, 2.24) is 15.1 Å². The van der Waals surface area contributed by atoms with Crippen molar-refractivity contribution in [3.05, 3.63) is 41.2 Å². The Morgan fingerprint density at radius 3 is 2.86 bits per heavy atom.